The zero-order valence-electron chi connectivity index (χ0n) is 11.4. The van der Waals surface area contributed by atoms with Gasteiger partial charge in [0.15, 0.2) is 5.78 Å². The number of benzene rings is 2. The zero-order valence-corrected chi connectivity index (χ0v) is 13.0. The fourth-order valence-electron chi connectivity index (χ4n) is 1.97. The number of rotatable bonds is 4. The lowest BCUT2D eigenvalue weighted by Crippen LogP contribution is -2.06. The highest BCUT2D eigenvalue weighted by Crippen LogP contribution is 2.25. The molecule has 0 atom stereocenters. The Bertz CT molecular complexity index is 653. The molecule has 0 spiro atoms. The Labute approximate surface area is 126 Å². The Morgan fingerprint density at radius 2 is 2.00 bits per heavy atom. The molecule has 0 amide bonds. The Kier molecular flexibility index (Phi) is 4.45. The van der Waals surface area contributed by atoms with E-state index in [1.165, 1.54) is 0 Å². The van der Waals surface area contributed by atoms with E-state index >= 15 is 0 Å². The smallest absolute Gasteiger partial charge is 0.167 e. The summed E-state index contributed by atoms with van der Waals surface area (Å²) in [4.78, 5) is 12.3. The molecule has 0 aliphatic carbocycles. The molecule has 20 heavy (non-hydrogen) atoms. The standard InChI is InChI=1S/C16H16BrNO2/c1-10-3-4-11(8-14(10)18)15(19)9-12-7-13(17)5-6-16(12)20-2/h3-8H,9,18H2,1-2H3. The molecule has 3 nitrogen and oxygen atoms in total. The number of carbonyl (C=O) groups excluding carboxylic acids is 1. The third-order valence-corrected chi connectivity index (χ3v) is 3.69. The molecule has 0 saturated heterocycles. The Hall–Kier alpha value is -1.81. The third kappa shape index (κ3) is 3.20. The Balaban J connectivity index is 2.27. The number of methoxy groups -OCH3 is 1. The van der Waals surface area contributed by atoms with E-state index in [0.717, 1.165) is 15.6 Å². The molecule has 0 unspecified atom stereocenters. The number of anilines is 1. The summed E-state index contributed by atoms with van der Waals surface area (Å²) in [5.74, 6) is 0.731. The number of hydrogen-bond acceptors (Lipinski definition) is 3. The maximum atomic E-state index is 12.3. The van der Waals surface area contributed by atoms with E-state index in [1.54, 1.807) is 19.2 Å². The van der Waals surface area contributed by atoms with Crippen LogP contribution in [0.2, 0.25) is 0 Å². The molecule has 2 N–H and O–H groups in total. The first-order valence-corrected chi connectivity index (χ1v) is 7.02. The molecule has 2 rings (SSSR count). The van der Waals surface area contributed by atoms with Crippen molar-refractivity contribution in [2.75, 3.05) is 12.8 Å². The van der Waals surface area contributed by atoms with E-state index in [4.69, 9.17) is 10.5 Å². The molecule has 4 heteroatoms. The van der Waals surface area contributed by atoms with E-state index < -0.39 is 0 Å². The van der Waals surface area contributed by atoms with Gasteiger partial charge in [0.2, 0.25) is 0 Å². The van der Waals surface area contributed by atoms with Gasteiger partial charge in [0.1, 0.15) is 5.75 Å². The highest BCUT2D eigenvalue weighted by atomic mass is 79.9. The van der Waals surface area contributed by atoms with Crippen LogP contribution in [-0.4, -0.2) is 12.9 Å². The number of carbonyl (C=O) groups is 1. The molecule has 0 aromatic heterocycles. The van der Waals surface area contributed by atoms with Gasteiger partial charge in [-0.3, -0.25) is 4.79 Å². The zero-order chi connectivity index (χ0) is 14.7. The van der Waals surface area contributed by atoms with Crippen LogP contribution in [0.3, 0.4) is 0 Å². The SMILES string of the molecule is COc1ccc(Br)cc1CC(=O)c1ccc(C)c(N)c1. The number of halogens is 1. The van der Waals surface area contributed by atoms with Crippen molar-refractivity contribution in [2.24, 2.45) is 0 Å². The van der Waals surface area contributed by atoms with Crippen molar-refractivity contribution >= 4 is 27.4 Å². The highest BCUT2D eigenvalue weighted by Gasteiger charge is 2.12. The molecular weight excluding hydrogens is 318 g/mol. The maximum absolute atomic E-state index is 12.3. The number of hydrogen-bond donors (Lipinski definition) is 1. The van der Waals surface area contributed by atoms with Gasteiger partial charge in [-0.25, -0.2) is 0 Å². The monoisotopic (exact) mass is 333 g/mol. The number of ketones is 1. The predicted molar refractivity (Wildman–Crippen MR) is 84.3 cm³/mol. The molecule has 0 saturated carbocycles. The molecule has 0 aliphatic rings. The van der Waals surface area contributed by atoms with Gasteiger partial charge in [0, 0.05) is 27.7 Å². The fourth-order valence-corrected chi connectivity index (χ4v) is 2.38. The minimum atomic E-state index is 0.0214. The van der Waals surface area contributed by atoms with E-state index in [9.17, 15) is 4.79 Å². The molecule has 0 heterocycles. The molecule has 0 aliphatic heterocycles. The Morgan fingerprint density at radius 3 is 2.65 bits per heavy atom. The summed E-state index contributed by atoms with van der Waals surface area (Å²) in [6.45, 7) is 1.92. The van der Waals surface area contributed by atoms with Gasteiger partial charge < -0.3 is 10.5 Å². The first-order valence-electron chi connectivity index (χ1n) is 6.23. The first kappa shape index (κ1) is 14.6. The topological polar surface area (TPSA) is 52.3 Å². The van der Waals surface area contributed by atoms with Crippen molar-refractivity contribution < 1.29 is 9.53 Å². The number of nitrogens with two attached hydrogens (primary N) is 1. The van der Waals surface area contributed by atoms with Crippen molar-refractivity contribution in [1.82, 2.24) is 0 Å². The lowest BCUT2D eigenvalue weighted by molar-refractivity contribution is 0.0992. The normalized spacial score (nSPS) is 10.3. The number of Topliss-reactive ketones (excluding diaryl/α,β-unsaturated/α-hetero) is 1. The quantitative estimate of drug-likeness (QED) is 0.684. The van der Waals surface area contributed by atoms with Gasteiger partial charge in [-0.2, -0.15) is 0 Å². The lowest BCUT2D eigenvalue weighted by atomic mass is 10.0. The van der Waals surface area contributed by atoms with Crippen LogP contribution in [0, 0.1) is 6.92 Å². The summed E-state index contributed by atoms with van der Waals surface area (Å²) in [6, 6.07) is 11.0. The minimum absolute atomic E-state index is 0.0214. The average molecular weight is 334 g/mol. The fraction of sp³-hybridized carbons (Fsp3) is 0.188. The first-order chi connectivity index (χ1) is 9.51. The summed E-state index contributed by atoms with van der Waals surface area (Å²) >= 11 is 3.41. The van der Waals surface area contributed by atoms with Gasteiger partial charge in [-0.05, 0) is 36.8 Å². The average Bonchev–Trinajstić information content (AvgIpc) is 2.42. The van der Waals surface area contributed by atoms with E-state index in [0.29, 0.717) is 17.0 Å². The van der Waals surface area contributed by atoms with Crippen molar-refractivity contribution in [2.45, 2.75) is 13.3 Å². The predicted octanol–water partition coefficient (Wildman–Crippen LogP) is 3.77. The van der Waals surface area contributed by atoms with Gasteiger partial charge in [0.25, 0.3) is 0 Å². The number of aryl methyl sites for hydroxylation is 1. The van der Waals surface area contributed by atoms with E-state index in [1.807, 2.05) is 31.2 Å². The van der Waals surface area contributed by atoms with Gasteiger partial charge >= 0.3 is 0 Å². The third-order valence-electron chi connectivity index (χ3n) is 3.19. The number of nitrogen functional groups attached to an aromatic ring is 1. The van der Waals surface area contributed by atoms with Crippen LogP contribution >= 0.6 is 15.9 Å². The van der Waals surface area contributed by atoms with Gasteiger partial charge in [0.05, 0.1) is 7.11 Å². The van der Waals surface area contributed by atoms with Crippen LogP contribution in [0.4, 0.5) is 5.69 Å². The second-order valence-corrected chi connectivity index (χ2v) is 5.54. The van der Waals surface area contributed by atoms with E-state index in [2.05, 4.69) is 15.9 Å². The summed E-state index contributed by atoms with van der Waals surface area (Å²) in [6.07, 6.45) is 0.283. The van der Waals surface area contributed by atoms with Crippen LogP contribution in [0.25, 0.3) is 0 Å². The van der Waals surface area contributed by atoms with Crippen LogP contribution in [-0.2, 0) is 6.42 Å². The molecule has 0 fully saturated rings. The molecule has 2 aromatic carbocycles. The van der Waals surface area contributed by atoms with Crippen LogP contribution in [0.1, 0.15) is 21.5 Å². The molecule has 2 aromatic rings. The van der Waals surface area contributed by atoms with E-state index in [-0.39, 0.29) is 12.2 Å². The van der Waals surface area contributed by atoms with Crippen LogP contribution < -0.4 is 10.5 Å². The summed E-state index contributed by atoms with van der Waals surface area (Å²) < 4.78 is 6.20. The summed E-state index contributed by atoms with van der Waals surface area (Å²) in [7, 11) is 1.60. The molecule has 0 bridgehead atoms. The van der Waals surface area contributed by atoms with Gasteiger partial charge in [-0.1, -0.05) is 28.1 Å². The van der Waals surface area contributed by atoms with Gasteiger partial charge in [-0.15, -0.1) is 0 Å². The highest BCUT2D eigenvalue weighted by molar-refractivity contribution is 9.10. The second-order valence-electron chi connectivity index (χ2n) is 4.63. The van der Waals surface area contributed by atoms with Crippen molar-refractivity contribution in [3.63, 3.8) is 0 Å². The second kappa shape index (κ2) is 6.09. The summed E-state index contributed by atoms with van der Waals surface area (Å²) in [5, 5.41) is 0. The maximum Gasteiger partial charge on any atom is 0.167 e. The Morgan fingerprint density at radius 1 is 1.25 bits per heavy atom. The number of ether oxygens (including phenoxy) is 1. The van der Waals surface area contributed by atoms with Crippen molar-refractivity contribution in [1.29, 1.82) is 0 Å². The largest absolute Gasteiger partial charge is 0.496 e. The molecule has 0 radical (unpaired) electrons. The van der Waals surface area contributed by atoms with Crippen LogP contribution in [0.15, 0.2) is 40.9 Å². The molecule has 104 valence electrons. The minimum Gasteiger partial charge on any atom is -0.496 e. The van der Waals surface area contributed by atoms with Crippen LogP contribution in [0.5, 0.6) is 5.75 Å². The van der Waals surface area contributed by atoms with Crippen molar-refractivity contribution in [3.8, 4) is 5.75 Å². The summed E-state index contributed by atoms with van der Waals surface area (Å²) in [5.41, 5.74) is 8.93. The van der Waals surface area contributed by atoms with Crippen molar-refractivity contribution in [3.05, 3.63) is 57.6 Å². The molecular formula is C16H16BrNO2. The lowest BCUT2D eigenvalue weighted by Gasteiger charge is -2.09.